The molecule has 4 aromatic carbocycles. The lowest BCUT2D eigenvalue weighted by Gasteiger charge is -2.27. The Kier molecular flexibility index (Phi) is 7.98. The van der Waals surface area contributed by atoms with Crippen LogP contribution < -0.4 is 24.7 Å². The molecule has 0 bridgehead atoms. The number of hydrogen-bond donors (Lipinski definition) is 1. The molecule has 0 fully saturated rings. The van der Waals surface area contributed by atoms with E-state index in [-0.39, 0.29) is 11.6 Å². The normalized spacial score (nSPS) is 13.9. The zero-order chi connectivity index (χ0) is 27.9. The van der Waals surface area contributed by atoms with Gasteiger partial charge in [0.2, 0.25) is 5.88 Å². The summed E-state index contributed by atoms with van der Waals surface area (Å²) in [5, 5.41) is 9.90. The van der Waals surface area contributed by atoms with Gasteiger partial charge in [0.25, 0.3) is 0 Å². The van der Waals surface area contributed by atoms with Crippen molar-refractivity contribution in [2.45, 2.75) is 25.9 Å². The highest BCUT2D eigenvalue weighted by Gasteiger charge is 2.31. The maximum Gasteiger partial charge on any atom is 0.347 e. The quantitative estimate of drug-likeness (QED) is 0.194. The van der Waals surface area contributed by atoms with Crippen molar-refractivity contribution in [2.24, 2.45) is 5.73 Å². The second kappa shape index (κ2) is 12.1. The molecule has 1 aliphatic heterocycles. The fraction of sp³-hybridized carbons (Fsp3) is 0.152. The van der Waals surface area contributed by atoms with Crippen molar-refractivity contribution in [2.75, 3.05) is 6.61 Å². The van der Waals surface area contributed by atoms with E-state index in [2.05, 4.69) is 6.07 Å². The van der Waals surface area contributed by atoms with Crippen LogP contribution in [0.3, 0.4) is 0 Å². The molecule has 5 rings (SSSR count). The lowest BCUT2D eigenvalue weighted by Crippen LogP contribution is -2.21. The molecule has 0 saturated carbocycles. The largest absolute Gasteiger partial charge is 0.493 e. The second-order valence-corrected chi connectivity index (χ2v) is 9.20. The summed E-state index contributed by atoms with van der Waals surface area (Å²) in [5.41, 5.74) is 9.45. The number of benzene rings is 4. The predicted octanol–water partition coefficient (Wildman–Crippen LogP) is 6.49. The molecule has 0 amide bonds. The van der Waals surface area contributed by atoms with Crippen molar-refractivity contribution in [3.05, 3.63) is 131 Å². The summed E-state index contributed by atoms with van der Waals surface area (Å²) in [6.45, 7) is 2.94. The van der Waals surface area contributed by atoms with Crippen LogP contribution in [0.15, 0.2) is 109 Å². The van der Waals surface area contributed by atoms with Gasteiger partial charge in [-0.25, -0.2) is 4.79 Å². The van der Waals surface area contributed by atoms with Gasteiger partial charge in [0.05, 0.1) is 12.5 Å². The number of carbonyl (C=O) groups is 1. The van der Waals surface area contributed by atoms with Crippen LogP contribution in [-0.4, -0.2) is 12.6 Å². The number of para-hydroxylation sites is 1. The average molecular weight is 533 g/mol. The number of nitrogens with two attached hydrogens (primary N) is 1. The lowest BCUT2D eigenvalue weighted by atomic mass is 9.83. The predicted molar refractivity (Wildman–Crippen MR) is 150 cm³/mol. The monoisotopic (exact) mass is 532 g/mol. The van der Waals surface area contributed by atoms with Crippen LogP contribution in [0.5, 0.6) is 23.0 Å². The van der Waals surface area contributed by atoms with Gasteiger partial charge in [-0.2, -0.15) is 5.26 Å². The number of ether oxygens (including phenoxy) is 4. The van der Waals surface area contributed by atoms with Gasteiger partial charge in [0.1, 0.15) is 46.8 Å². The zero-order valence-corrected chi connectivity index (χ0v) is 22.0. The van der Waals surface area contributed by atoms with Crippen LogP contribution in [0.4, 0.5) is 0 Å². The topological polar surface area (TPSA) is 104 Å². The standard InChI is InChI=1S/C33H28N2O5/c1-2-18-37-29-11-7-6-10-27(29)33(36)39-25-16-17-26-30(19-25)40-32(35)28(20-34)31(26)23-12-14-24(15-13-23)38-21-22-8-4-3-5-9-22/h3-17,19,31H,2,18,21,35H2,1H3. The third kappa shape index (κ3) is 5.77. The minimum absolute atomic E-state index is 0.00573. The molecule has 0 saturated heterocycles. The lowest BCUT2D eigenvalue weighted by molar-refractivity contribution is 0.0730. The zero-order valence-electron chi connectivity index (χ0n) is 22.0. The fourth-order valence-electron chi connectivity index (χ4n) is 4.47. The molecule has 0 spiro atoms. The minimum Gasteiger partial charge on any atom is -0.493 e. The van der Waals surface area contributed by atoms with E-state index in [9.17, 15) is 10.1 Å². The van der Waals surface area contributed by atoms with Gasteiger partial charge in [-0.15, -0.1) is 0 Å². The Balaban J connectivity index is 1.37. The number of allylic oxidation sites excluding steroid dienone is 1. The average Bonchev–Trinajstić information content (AvgIpc) is 2.99. The summed E-state index contributed by atoms with van der Waals surface area (Å²) in [7, 11) is 0. The Morgan fingerprint density at radius 2 is 1.65 bits per heavy atom. The van der Waals surface area contributed by atoms with Crippen LogP contribution in [-0.2, 0) is 6.61 Å². The summed E-state index contributed by atoms with van der Waals surface area (Å²) in [6.07, 6.45) is 0.815. The summed E-state index contributed by atoms with van der Waals surface area (Å²) in [5.74, 6) is 0.867. The van der Waals surface area contributed by atoms with Gasteiger partial charge < -0.3 is 24.7 Å². The van der Waals surface area contributed by atoms with Gasteiger partial charge in [-0.05, 0) is 47.9 Å². The van der Waals surface area contributed by atoms with Crippen LogP contribution in [0, 0.1) is 11.3 Å². The molecule has 1 aliphatic rings. The second-order valence-electron chi connectivity index (χ2n) is 9.20. The first-order chi connectivity index (χ1) is 19.6. The summed E-state index contributed by atoms with van der Waals surface area (Å²) >= 11 is 0. The number of nitriles is 1. The third-order valence-electron chi connectivity index (χ3n) is 6.43. The van der Waals surface area contributed by atoms with E-state index in [4.69, 9.17) is 24.7 Å². The molecule has 7 heteroatoms. The molecule has 1 unspecified atom stereocenters. The number of rotatable bonds is 9. The molecule has 1 atom stereocenters. The highest BCUT2D eigenvalue weighted by atomic mass is 16.5. The van der Waals surface area contributed by atoms with Crippen LogP contribution in [0.25, 0.3) is 0 Å². The summed E-state index contributed by atoms with van der Waals surface area (Å²) in [4.78, 5) is 13.0. The van der Waals surface area contributed by atoms with Gasteiger partial charge in [0.15, 0.2) is 0 Å². The first kappa shape index (κ1) is 26.4. The molecule has 4 aromatic rings. The molecule has 200 valence electrons. The maximum absolute atomic E-state index is 13.0. The molecular formula is C33H28N2O5. The Labute approximate surface area is 233 Å². The van der Waals surface area contributed by atoms with E-state index in [0.29, 0.717) is 41.6 Å². The van der Waals surface area contributed by atoms with Crippen molar-refractivity contribution >= 4 is 5.97 Å². The Morgan fingerprint density at radius 1 is 0.925 bits per heavy atom. The van der Waals surface area contributed by atoms with E-state index in [1.807, 2.05) is 61.5 Å². The van der Waals surface area contributed by atoms with E-state index >= 15 is 0 Å². The fourth-order valence-corrected chi connectivity index (χ4v) is 4.47. The maximum atomic E-state index is 13.0. The number of esters is 1. The van der Waals surface area contributed by atoms with Crippen molar-refractivity contribution in [3.8, 4) is 29.1 Å². The van der Waals surface area contributed by atoms with Gasteiger partial charge in [0, 0.05) is 11.6 Å². The van der Waals surface area contributed by atoms with E-state index < -0.39 is 11.9 Å². The summed E-state index contributed by atoms with van der Waals surface area (Å²) in [6, 6.07) is 31.7. The Hall–Kier alpha value is -5.22. The Morgan fingerprint density at radius 3 is 2.40 bits per heavy atom. The molecular weight excluding hydrogens is 504 g/mol. The van der Waals surface area contributed by atoms with Crippen LogP contribution >= 0.6 is 0 Å². The highest BCUT2D eigenvalue weighted by molar-refractivity contribution is 5.94. The van der Waals surface area contributed by atoms with Gasteiger partial charge >= 0.3 is 5.97 Å². The highest BCUT2D eigenvalue weighted by Crippen LogP contribution is 2.43. The number of nitrogens with zero attached hydrogens (tertiary/aromatic N) is 1. The van der Waals surface area contributed by atoms with E-state index in [1.165, 1.54) is 0 Å². The van der Waals surface area contributed by atoms with Crippen molar-refractivity contribution in [3.63, 3.8) is 0 Å². The minimum atomic E-state index is -0.550. The van der Waals surface area contributed by atoms with Crippen LogP contribution in [0.2, 0.25) is 0 Å². The first-order valence-corrected chi connectivity index (χ1v) is 13.0. The van der Waals surface area contributed by atoms with Gasteiger partial charge in [-0.3, -0.25) is 0 Å². The molecule has 1 heterocycles. The smallest absolute Gasteiger partial charge is 0.347 e. The first-order valence-electron chi connectivity index (χ1n) is 13.0. The molecule has 0 aliphatic carbocycles. The molecule has 0 radical (unpaired) electrons. The molecule has 2 N–H and O–H groups in total. The van der Waals surface area contributed by atoms with Crippen molar-refractivity contribution in [1.82, 2.24) is 0 Å². The van der Waals surface area contributed by atoms with Gasteiger partial charge in [-0.1, -0.05) is 67.6 Å². The number of carbonyl (C=O) groups excluding carboxylic acids is 1. The molecule has 0 aromatic heterocycles. The third-order valence-corrected chi connectivity index (χ3v) is 6.43. The van der Waals surface area contributed by atoms with Crippen LogP contribution in [0.1, 0.15) is 46.3 Å². The van der Waals surface area contributed by atoms with Crippen molar-refractivity contribution in [1.29, 1.82) is 5.26 Å². The number of fused-ring (bicyclic) bond motifs is 1. The molecule has 40 heavy (non-hydrogen) atoms. The Bertz CT molecular complexity index is 1570. The number of hydrogen-bond acceptors (Lipinski definition) is 7. The summed E-state index contributed by atoms with van der Waals surface area (Å²) < 4.78 is 23.1. The van der Waals surface area contributed by atoms with Crippen molar-refractivity contribution < 1.29 is 23.7 Å². The molecule has 7 nitrogen and oxygen atoms in total. The SMILES string of the molecule is CCCOc1ccccc1C(=O)Oc1ccc2c(c1)OC(N)=C(C#N)C2c1ccc(OCc2ccccc2)cc1. The van der Waals surface area contributed by atoms with E-state index in [1.54, 1.807) is 42.5 Å². The van der Waals surface area contributed by atoms with E-state index in [0.717, 1.165) is 23.1 Å².